The Balaban J connectivity index is 2.08. The highest BCUT2D eigenvalue weighted by Crippen LogP contribution is 2.57. The summed E-state index contributed by atoms with van der Waals surface area (Å²) in [4.78, 5) is 14.0. The van der Waals surface area contributed by atoms with Crippen LogP contribution in [0.1, 0.15) is 54.3 Å². The quantitative estimate of drug-likeness (QED) is 0.706. The van der Waals surface area contributed by atoms with Crippen molar-refractivity contribution in [3.63, 3.8) is 0 Å². The number of fused-ring (bicyclic) bond motifs is 4. The van der Waals surface area contributed by atoms with Crippen molar-refractivity contribution in [1.82, 2.24) is 0 Å². The van der Waals surface area contributed by atoms with Gasteiger partial charge in [-0.15, -0.1) is 0 Å². The third-order valence-electron chi connectivity index (χ3n) is 6.63. The zero-order valence-electron chi connectivity index (χ0n) is 18.7. The molecule has 1 N–H and O–H groups in total. The van der Waals surface area contributed by atoms with Crippen LogP contribution >= 0.6 is 0 Å². The summed E-state index contributed by atoms with van der Waals surface area (Å²) in [5.74, 6) is 0.273. The second-order valence-electron chi connectivity index (χ2n) is 8.55. The first-order valence-electron chi connectivity index (χ1n) is 10.6. The standard InChI is InChI=1S/C24H28O7S/c1-5-6-13-32(27,28)24-21(25)16-9-7-8-10-18(16)31-22(24)15-11-12-19(29-3)20(30-4)17(15)14-23(24,2)26/h7-12,22,26H,5-6,13-14H2,1-4H3/t22-,23+,24+/m0/s1. The van der Waals surface area contributed by atoms with Crippen molar-refractivity contribution in [1.29, 1.82) is 0 Å². The largest absolute Gasteiger partial charge is 0.493 e. The first-order chi connectivity index (χ1) is 15.2. The Morgan fingerprint density at radius 1 is 1.16 bits per heavy atom. The van der Waals surface area contributed by atoms with Crippen molar-refractivity contribution in [3.8, 4) is 17.2 Å². The molecule has 0 unspecified atom stereocenters. The van der Waals surface area contributed by atoms with Gasteiger partial charge < -0.3 is 19.3 Å². The number of sulfone groups is 1. The van der Waals surface area contributed by atoms with Crippen LogP contribution in [0.25, 0.3) is 0 Å². The number of hydrogen-bond acceptors (Lipinski definition) is 7. The molecule has 0 saturated heterocycles. The van der Waals surface area contributed by atoms with Gasteiger partial charge in [0.05, 0.1) is 31.1 Å². The van der Waals surface area contributed by atoms with Gasteiger partial charge in [-0.05, 0) is 31.5 Å². The fraction of sp³-hybridized carbons (Fsp3) is 0.458. The number of carbonyl (C=O) groups excluding carboxylic acids is 1. The summed E-state index contributed by atoms with van der Waals surface area (Å²) >= 11 is 0. The van der Waals surface area contributed by atoms with Gasteiger partial charge in [0.15, 0.2) is 33.2 Å². The fourth-order valence-corrected chi connectivity index (χ4v) is 7.77. The van der Waals surface area contributed by atoms with Crippen LogP contribution in [0.4, 0.5) is 0 Å². The highest BCUT2D eigenvalue weighted by Gasteiger charge is 2.71. The number of Topliss-reactive ketones (excluding diaryl/α,β-unsaturated/α-hetero) is 1. The van der Waals surface area contributed by atoms with E-state index in [9.17, 15) is 18.3 Å². The lowest BCUT2D eigenvalue weighted by Gasteiger charge is -2.53. The zero-order chi connectivity index (χ0) is 23.3. The summed E-state index contributed by atoms with van der Waals surface area (Å²) in [6.07, 6.45) is -0.331. The summed E-state index contributed by atoms with van der Waals surface area (Å²) in [5.41, 5.74) is -0.734. The Labute approximate surface area is 188 Å². The molecule has 0 fully saturated rings. The van der Waals surface area contributed by atoms with E-state index in [1.807, 2.05) is 6.92 Å². The summed E-state index contributed by atoms with van der Waals surface area (Å²) in [6, 6.07) is 9.93. The Hall–Kier alpha value is -2.58. The van der Waals surface area contributed by atoms with E-state index in [0.29, 0.717) is 41.2 Å². The minimum Gasteiger partial charge on any atom is -0.493 e. The van der Waals surface area contributed by atoms with E-state index in [4.69, 9.17) is 14.2 Å². The number of carbonyl (C=O) groups is 1. The molecule has 1 aliphatic carbocycles. The van der Waals surface area contributed by atoms with Crippen LogP contribution in [-0.2, 0) is 16.3 Å². The maximum Gasteiger partial charge on any atom is 0.204 e. The number of benzene rings is 2. The SMILES string of the molecule is CCCCS(=O)(=O)[C@]12C(=O)c3ccccc3O[C@H]1c1ccc(OC)c(OC)c1C[C@@]2(C)O. The van der Waals surface area contributed by atoms with E-state index >= 15 is 0 Å². The van der Waals surface area contributed by atoms with Crippen molar-refractivity contribution in [2.24, 2.45) is 0 Å². The number of para-hydroxylation sites is 1. The van der Waals surface area contributed by atoms with Crippen molar-refractivity contribution in [2.45, 2.75) is 49.6 Å². The lowest BCUT2D eigenvalue weighted by molar-refractivity contribution is -0.0385. The minimum atomic E-state index is -4.14. The molecule has 4 rings (SSSR count). The van der Waals surface area contributed by atoms with Crippen LogP contribution in [0.15, 0.2) is 36.4 Å². The van der Waals surface area contributed by atoms with Gasteiger partial charge in [-0.1, -0.05) is 31.5 Å². The van der Waals surface area contributed by atoms with Gasteiger partial charge in [0, 0.05) is 17.5 Å². The molecule has 0 bridgehead atoms. The van der Waals surface area contributed by atoms with Crippen molar-refractivity contribution in [3.05, 3.63) is 53.1 Å². The number of ether oxygens (including phenoxy) is 3. The van der Waals surface area contributed by atoms with Crippen LogP contribution in [0.2, 0.25) is 0 Å². The Morgan fingerprint density at radius 3 is 2.53 bits per heavy atom. The van der Waals surface area contributed by atoms with Crippen LogP contribution < -0.4 is 14.2 Å². The van der Waals surface area contributed by atoms with E-state index in [1.165, 1.54) is 21.1 Å². The Bertz CT molecular complexity index is 1170. The third-order valence-corrected chi connectivity index (χ3v) is 9.27. The molecule has 0 spiro atoms. The average Bonchev–Trinajstić information content (AvgIpc) is 2.76. The molecule has 3 atom stereocenters. The van der Waals surface area contributed by atoms with Gasteiger partial charge in [0.1, 0.15) is 5.75 Å². The molecule has 0 amide bonds. The first kappa shape index (κ1) is 22.6. The van der Waals surface area contributed by atoms with E-state index in [-0.39, 0.29) is 17.7 Å². The topological polar surface area (TPSA) is 99.1 Å². The summed E-state index contributed by atoms with van der Waals surface area (Å²) < 4.78 is 42.8. The molecular weight excluding hydrogens is 432 g/mol. The number of rotatable bonds is 6. The molecule has 0 radical (unpaired) electrons. The lowest BCUT2D eigenvalue weighted by atomic mass is 9.66. The number of aliphatic hydroxyl groups is 1. The molecule has 8 heteroatoms. The maximum absolute atomic E-state index is 14.0. The number of ketones is 1. The van der Waals surface area contributed by atoms with Crippen molar-refractivity contribution >= 4 is 15.6 Å². The van der Waals surface area contributed by atoms with Crippen molar-refractivity contribution in [2.75, 3.05) is 20.0 Å². The predicted molar refractivity (Wildman–Crippen MR) is 119 cm³/mol. The lowest BCUT2D eigenvalue weighted by Crippen LogP contribution is -2.71. The van der Waals surface area contributed by atoms with Crippen LogP contribution in [-0.4, -0.2) is 49.6 Å². The van der Waals surface area contributed by atoms with Gasteiger partial charge in [-0.3, -0.25) is 4.79 Å². The van der Waals surface area contributed by atoms with Gasteiger partial charge >= 0.3 is 0 Å². The van der Waals surface area contributed by atoms with Gasteiger partial charge in [0.2, 0.25) is 4.75 Å². The molecule has 32 heavy (non-hydrogen) atoms. The van der Waals surface area contributed by atoms with E-state index in [2.05, 4.69) is 0 Å². The summed E-state index contributed by atoms with van der Waals surface area (Å²) in [5, 5.41) is 11.8. The average molecular weight is 461 g/mol. The molecule has 0 aromatic heterocycles. The van der Waals surface area contributed by atoms with E-state index < -0.39 is 32.1 Å². The molecule has 172 valence electrons. The summed E-state index contributed by atoms with van der Waals surface area (Å²) in [6.45, 7) is 3.28. The Morgan fingerprint density at radius 2 is 1.88 bits per heavy atom. The highest BCUT2D eigenvalue weighted by atomic mass is 32.2. The molecule has 2 aromatic carbocycles. The van der Waals surface area contributed by atoms with Gasteiger partial charge in [0.25, 0.3) is 0 Å². The number of methoxy groups -OCH3 is 2. The molecule has 1 aliphatic heterocycles. The molecule has 0 saturated carbocycles. The van der Waals surface area contributed by atoms with Crippen LogP contribution in [0.5, 0.6) is 17.2 Å². The molecular formula is C24H28O7S. The number of unbranched alkanes of at least 4 members (excludes halogenated alkanes) is 1. The third kappa shape index (κ3) is 2.89. The van der Waals surface area contributed by atoms with Crippen molar-refractivity contribution < 1.29 is 32.5 Å². The summed E-state index contributed by atoms with van der Waals surface area (Å²) in [7, 11) is -1.16. The fourth-order valence-electron chi connectivity index (χ4n) is 5.14. The van der Waals surface area contributed by atoms with Crippen LogP contribution in [0.3, 0.4) is 0 Å². The minimum absolute atomic E-state index is 0.109. The van der Waals surface area contributed by atoms with E-state index in [1.54, 1.807) is 36.4 Å². The van der Waals surface area contributed by atoms with Gasteiger partial charge in [-0.2, -0.15) is 0 Å². The normalized spacial score (nSPS) is 26.4. The molecule has 7 nitrogen and oxygen atoms in total. The van der Waals surface area contributed by atoms with E-state index in [0.717, 1.165) is 0 Å². The zero-order valence-corrected chi connectivity index (χ0v) is 19.5. The highest BCUT2D eigenvalue weighted by molar-refractivity contribution is 7.93. The van der Waals surface area contributed by atoms with Gasteiger partial charge in [-0.25, -0.2) is 8.42 Å². The maximum atomic E-state index is 14.0. The number of hydrogen-bond donors (Lipinski definition) is 1. The molecule has 1 heterocycles. The second kappa shape index (κ2) is 7.78. The predicted octanol–water partition coefficient (Wildman–Crippen LogP) is 3.28. The Kier molecular flexibility index (Phi) is 5.49. The smallest absolute Gasteiger partial charge is 0.204 e. The molecule has 2 aliphatic rings. The second-order valence-corrected chi connectivity index (χ2v) is 10.8. The monoisotopic (exact) mass is 460 g/mol. The molecule has 2 aromatic rings. The first-order valence-corrected chi connectivity index (χ1v) is 12.3. The van der Waals surface area contributed by atoms with Crippen LogP contribution in [0, 0.1) is 0 Å².